The summed E-state index contributed by atoms with van der Waals surface area (Å²) in [7, 11) is 1.69. The topological polar surface area (TPSA) is 46.9 Å². The number of carbonyl (C=O) groups excluding carboxylic acids is 1. The van der Waals surface area contributed by atoms with Gasteiger partial charge in [0, 0.05) is 63.0 Å². The highest BCUT2D eigenvalue weighted by molar-refractivity contribution is 6.08. The molecule has 1 aromatic heterocycles. The Bertz CT molecular complexity index is 833. The number of methoxy groups -OCH3 is 1. The largest absolute Gasteiger partial charge is 0.495 e. The van der Waals surface area contributed by atoms with Crippen molar-refractivity contribution in [1.29, 1.82) is 0 Å². The molecule has 2 aromatic rings. The van der Waals surface area contributed by atoms with Crippen LogP contribution < -0.4 is 4.74 Å². The molecule has 0 amide bonds. The molecule has 4 rings (SSSR count). The van der Waals surface area contributed by atoms with Gasteiger partial charge in [-0.05, 0) is 38.8 Å². The number of aromatic nitrogens is 1. The summed E-state index contributed by atoms with van der Waals surface area (Å²) in [6.45, 7) is 10.2. The number of carbonyl (C=O) groups is 1. The van der Waals surface area contributed by atoms with Gasteiger partial charge in [-0.25, -0.2) is 0 Å². The van der Waals surface area contributed by atoms with E-state index in [1.807, 2.05) is 24.4 Å². The molecule has 1 unspecified atom stereocenters. The average molecular weight is 400 g/mol. The standard InChI is InChI=1S/C23H33N3O3/c1-18(27)21-17-26(23-20(21)7-3-8-22(23)28-2)10-5-9-24-11-13-25(14-12-24)16-19-6-4-15-29-19/h3,7-8,17,19H,4-6,9-16H2,1-2H3. The summed E-state index contributed by atoms with van der Waals surface area (Å²) in [5.41, 5.74) is 1.81. The van der Waals surface area contributed by atoms with Crippen molar-refractivity contribution in [2.24, 2.45) is 0 Å². The molecule has 0 saturated carbocycles. The van der Waals surface area contributed by atoms with Gasteiger partial charge in [0.1, 0.15) is 5.75 Å². The molecular weight excluding hydrogens is 366 g/mol. The lowest BCUT2D eigenvalue weighted by Crippen LogP contribution is -2.48. The Labute approximate surface area is 173 Å². The molecule has 0 bridgehead atoms. The molecule has 158 valence electrons. The Morgan fingerprint density at radius 3 is 2.66 bits per heavy atom. The molecule has 2 aliphatic rings. The molecule has 6 heteroatoms. The lowest BCUT2D eigenvalue weighted by atomic mass is 10.1. The van der Waals surface area contributed by atoms with Crippen molar-refractivity contribution in [3.8, 4) is 5.75 Å². The summed E-state index contributed by atoms with van der Waals surface area (Å²) in [6, 6.07) is 5.93. The minimum Gasteiger partial charge on any atom is -0.495 e. The number of hydrogen-bond acceptors (Lipinski definition) is 5. The van der Waals surface area contributed by atoms with Gasteiger partial charge >= 0.3 is 0 Å². The van der Waals surface area contributed by atoms with Crippen molar-refractivity contribution in [2.45, 2.75) is 38.8 Å². The molecule has 29 heavy (non-hydrogen) atoms. The summed E-state index contributed by atoms with van der Waals surface area (Å²) >= 11 is 0. The third-order valence-electron chi connectivity index (χ3n) is 6.28. The van der Waals surface area contributed by atoms with Crippen LogP contribution in [0.15, 0.2) is 24.4 Å². The second-order valence-corrected chi connectivity index (χ2v) is 8.28. The summed E-state index contributed by atoms with van der Waals surface area (Å²) in [5, 5.41) is 0.986. The van der Waals surface area contributed by atoms with E-state index in [1.54, 1.807) is 14.0 Å². The highest BCUT2D eigenvalue weighted by Crippen LogP contribution is 2.30. The van der Waals surface area contributed by atoms with Crippen LogP contribution in [0.4, 0.5) is 0 Å². The fraction of sp³-hybridized carbons (Fsp3) is 0.609. The molecule has 6 nitrogen and oxygen atoms in total. The van der Waals surface area contributed by atoms with E-state index >= 15 is 0 Å². The first-order valence-corrected chi connectivity index (χ1v) is 10.9. The van der Waals surface area contributed by atoms with E-state index in [9.17, 15) is 4.79 Å². The van der Waals surface area contributed by atoms with Gasteiger partial charge in [0.15, 0.2) is 5.78 Å². The smallest absolute Gasteiger partial charge is 0.161 e. The van der Waals surface area contributed by atoms with Gasteiger partial charge in [0.05, 0.1) is 18.7 Å². The number of benzene rings is 1. The van der Waals surface area contributed by atoms with Crippen LogP contribution in [0.2, 0.25) is 0 Å². The lowest BCUT2D eigenvalue weighted by molar-refractivity contribution is 0.0501. The van der Waals surface area contributed by atoms with Gasteiger partial charge in [-0.1, -0.05) is 12.1 Å². The molecule has 2 saturated heterocycles. The van der Waals surface area contributed by atoms with Crippen molar-refractivity contribution in [2.75, 3.05) is 53.0 Å². The number of Topliss-reactive ketones (excluding diaryl/α,β-unsaturated/α-hetero) is 1. The van der Waals surface area contributed by atoms with E-state index < -0.39 is 0 Å². The third kappa shape index (κ3) is 4.65. The number of ketones is 1. The number of hydrogen-bond donors (Lipinski definition) is 0. The molecule has 0 aliphatic carbocycles. The molecular formula is C23H33N3O3. The number of aryl methyl sites for hydroxylation is 1. The molecule has 0 spiro atoms. The van der Waals surface area contributed by atoms with Crippen molar-refractivity contribution >= 4 is 16.7 Å². The maximum Gasteiger partial charge on any atom is 0.161 e. The van der Waals surface area contributed by atoms with Crippen LogP contribution in [0, 0.1) is 0 Å². The summed E-state index contributed by atoms with van der Waals surface area (Å²) in [4.78, 5) is 17.2. The van der Waals surface area contributed by atoms with Crippen molar-refractivity contribution in [1.82, 2.24) is 14.4 Å². The number of para-hydroxylation sites is 1. The highest BCUT2D eigenvalue weighted by Gasteiger charge is 2.22. The SMILES string of the molecule is COc1cccc2c(C(C)=O)cn(CCCN3CCN(CC4CCCO4)CC3)c12. The van der Waals surface area contributed by atoms with E-state index in [0.29, 0.717) is 6.10 Å². The predicted molar refractivity (Wildman–Crippen MR) is 115 cm³/mol. The third-order valence-corrected chi connectivity index (χ3v) is 6.28. The van der Waals surface area contributed by atoms with E-state index in [4.69, 9.17) is 9.47 Å². The molecule has 2 aliphatic heterocycles. The quantitative estimate of drug-likeness (QED) is 0.639. The summed E-state index contributed by atoms with van der Waals surface area (Å²) in [6.07, 6.45) is 5.94. The maximum absolute atomic E-state index is 12.1. The maximum atomic E-state index is 12.1. The first-order chi connectivity index (χ1) is 14.2. The normalized spacial score (nSPS) is 21.1. The first-order valence-electron chi connectivity index (χ1n) is 10.9. The second kappa shape index (κ2) is 9.28. The zero-order valence-electron chi connectivity index (χ0n) is 17.7. The van der Waals surface area contributed by atoms with E-state index in [0.717, 1.165) is 81.1 Å². The Balaban J connectivity index is 1.32. The van der Waals surface area contributed by atoms with E-state index in [2.05, 4.69) is 14.4 Å². The van der Waals surface area contributed by atoms with Crippen molar-refractivity contribution in [3.63, 3.8) is 0 Å². The molecule has 1 atom stereocenters. The van der Waals surface area contributed by atoms with Crippen LogP contribution >= 0.6 is 0 Å². The van der Waals surface area contributed by atoms with Crippen LogP contribution in [0.1, 0.15) is 36.5 Å². The fourth-order valence-corrected chi connectivity index (χ4v) is 4.68. The first kappa shape index (κ1) is 20.4. The highest BCUT2D eigenvalue weighted by atomic mass is 16.5. The van der Waals surface area contributed by atoms with Crippen LogP contribution in [0.3, 0.4) is 0 Å². The van der Waals surface area contributed by atoms with Gasteiger partial charge in [-0.2, -0.15) is 0 Å². The number of nitrogens with zero attached hydrogens (tertiary/aromatic N) is 3. The Morgan fingerprint density at radius 2 is 1.97 bits per heavy atom. The fourth-order valence-electron chi connectivity index (χ4n) is 4.68. The van der Waals surface area contributed by atoms with Crippen molar-refractivity contribution < 1.29 is 14.3 Å². The summed E-state index contributed by atoms with van der Waals surface area (Å²) in [5.74, 6) is 0.933. The molecule has 0 N–H and O–H groups in total. The predicted octanol–water partition coefficient (Wildman–Crippen LogP) is 3.04. The lowest BCUT2D eigenvalue weighted by Gasteiger charge is -2.35. The van der Waals surface area contributed by atoms with Gasteiger partial charge < -0.3 is 18.9 Å². The molecule has 3 heterocycles. The van der Waals surface area contributed by atoms with Crippen LogP contribution in [-0.2, 0) is 11.3 Å². The average Bonchev–Trinajstić information content (AvgIpc) is 3.37. The number of piperazine rings is 1. The molecule has 1 aromatic carbocycles. The zero-order chi connectivity index (χ0) is 20.2. The number of fused-ring (bicyclic) bond motifs is 1. The Kier molecular flexibility index (Phi) is 6.53. The second-order valence-electron chi connectivity index (χ2n) is 8.28. The van der Waals surface area contributed by atoms with E-state index in [-0.39, 0.29) is 5.78 Å². The number of ether oxygens (including phenoxy) is 2. The van der Waals surface area contributed by atoms with Crippen LogP contribution in [0.25, 0.3) is 10.9 Å². The minimum absolute atomic E-state index is 0.101. The van der Waals surface area contributed by atoms with Crippen LogP contribution in [0.5, 0.6) is 5.75 Å². The van der Waals surface area contributed by atoms with Gasteiger partial charge in [0.25, 0.3) is 0 Å². The Hall–Kier alpha value is -1.89. The zero-order valence-corrected chi connectivity index (χ0v) is 17.7. The monoisotopic (exact) mass is 399 g/mol. The Morgan fingerprint density at radius 1 is 1.17 bits per heavy atom. The number of rotatable bonds is 8. The van der Waals surface area contributed by atoms with Crippen LogP contribution in [-0.4, -0.2) is 79.2 Å². The molecule has 2 fully saturated rings. The molecule has 0 radical (unpaired) electrons. The van der Waals surface area contributed by atoms with Gasteiger partial charge in [0.2, 0.25) is 0 Å². The van der Waals surface area contributed by atoms with Crippen molar-refractivity contribution in [3.05, 3.63) is 30.0 Å². The van der Waals surface area contributed by atoms with Gasteiger partial charge in [-0.3, -0.25) is 9.69 Å². The van der Waals surface area contributed by atoms with Gasteiger partial charge in [-0.15, -0.1) is 0 Å². The van der Waals surface area contributed by atoms with E-state index in [1.165, 1.54) is 12.8 Å². The summed E-state index contributed by atoms with van der Waals surface area (Å²) < 4.78 is 13.5. The minimum atomic E-state index is 0.101.